The normalized spacial score (nSPS) is 16.0. The van der Waals surface area contributed by atoms with Crippen LogP contribution in [0.5, 0.6) is 0 Å². The third-order valence-electron chi connectivity index (χ3n) is 3.62. The number of carbonyl (C=O) groups excluding carboxylic acids is 2. The van der Waals surface area contributed by atoms with E-state index in [1.807, 2.05) is 18.2 Å². The van der Waals surface area contributed by atoms with Gasteiger partial charge in [-0.1, -0.05) is 24.3 Å². The van der Waals surface area contributed by atoms with Crippen LogP contribution in [0.4, 0.5) is 0 Å². The summed E-state index contributed by atoms with van der Waals surface area (Å²) in [6.07, 6.45) is 0. The van der Waals surface area contributed by atoms with Gasteiger partial charge in [-0.3, -0.25) is 9.59 Å². The van der Waals surface area contributed by atoms with Crippen molar-refractivity contribution in [2.24, 2.45) is 0 Å². The minimum Gasteiger partial charge on any atom is -0.355 e. The number of nitrogens with one attached hydrogen (secondary N) is 2. The van der Waals surface area contributed by atoms with Crippen LogP contribution in [0, 0.1) is 0 Å². The summed E-state index contributed by atoms with van der Waals surface area (Å²) in [6.45, 7) is 0. The monoisotopic (exact) mass is 312 g/mol. The van der Waals surface area contributed by atoms with Gasteiger partial charge in [0.05, 0.1) is 6.04 Å². The molecule has 22 heavy (non-hydrogen) atoms. The maximum absolute atomic E-state index is 12.4. The third kappa shape index (κ3) is 2.85. The Balaban J connectivity index is 1.77. The van der Waals surface area contributed by atoms with E-state index in [0.29, 0.717) is 11.1 Å². The number of amides is 2. The first-order valence-electron chi connectivity index (χ1n) is 7.04. The second-order valence-electron chi connectivity index (χ2n) is 5.03. The van der Waals surface area contributed by atoms with Crippen LogP contribution in [0.25, 0.3) is 0 Å². The molecule has 4 nitrogen and oxygen atoms in total. The lowest BCUT2D eigenvalue weighted by atomic mass is 10.1. The molecule has 0 saturated carbocycles. The third-order valence-corrected chi connectivity index (χ3v) is 4.80. The quantitative estimate of drug-likeness (QED) is 0.916. The molecule has 0 fully saturated rings. The van der Waals surface area contributed by atoms with Crippen molar-refractivity contribution in [1.29, 1.82) is 0 Å². The minimum absolute atomic E-state index is 0.0114. The van der Waals surface area contributed by atoms with Crippen molar-refractivity contribution in [3.8, 4) is 0 Å². The summed E-state index contributed by atoms with van der Waals surface area (Å²) in [6, 6.07) is 14.8. The summed E-state index contributed by atoms with van der Waals surface area (Å²) in [5.41, 5.74) is 2.13. The highest BCUT2D eigenvalue weighted by Gasteiger charge is 2.24. The predicted octanol–water partition coefficient (Wildman–Crippen LogP) is 2.62. The Hall–Kier alpha value is -2.27. The van der Waals surface area contributed by atoms with Gasteiger partial charge in [0, 0.05) is 28.8 Å². The Labute approximate surface area is 133 Å². The molecule has 2 aromatic carbocycles. The van der Waals surface area contributed by atoms with Gasteiger partial charge in [0.1, 0.15) is 0 Å². The molecule has 0 bridgehead atoms. The number of benzene rings is 2. The molecule has 0 radical (unpaired) electrons. The molecule has 2 N–H and O–H groups in total. The van der Waals surface area contributed by atoms with Crippen LogP contribution in [-0.4, -0.2) is 24.6 Å². The first-order chi connectivity index (χ1) is 10.7. The molecule has 0 spiro atoms. The Kier molecular flexibility index (Phi) is 4.15. The van der Waals surface area contributed by atoms with Gasteiger partial charge in [-0.25, -0.2) is 0 Å². The van der Waals surface area contributed by atoms with E-state index in [1.54, 1.807) is 43.1 Å². The van der Waals surface area contributed by atoms with Crippen LogP contribution in [-0.2, 0) is 0 Å². The van der Waals surface area contributed by atoms with Crippen molar-refractivity contribution in [2.75, 3.05) is 12.8 Å². The van der Waals surface area contributed by atoms with Crippen LogP contribution in [0.3, 0.4) is 0 Å². The van der Waals surface area contributed by atoms with E-state index in [1.165, 1.54) is 4.90 Å². The molecule has 3 rings (SSSR count). The summed E-state index contributed by atoms with van der Waals surface area (Å²) in [4.78, 5) is 25.3. The van der Waals surface area contributed by atoms with Crippen LogP contribution < -0.4 is 10.6 Å². The second kappa shape index (κ2) is 6.23. The summed E-state index contributed by atoms with van der Waals surface area (Å²) in [5.74, 6) is 0.477. The molecule has 1 atom stereocenters. The lowest BCUT2D eigenvalue weighted by molar-refractivity contribution is 0.0940. The van der Waals surface area contributed by atoms with Gasteiger partial charge < -0.3 is 10.6 Å². The van der Waals surface area contributed by atoms with Gasteiger partial charge in [-0.2, -0.15) is 0 Å². The highest BCUT2D eigenvalue weighted by atomic mass is 32.2. The number of fused-ring (bicyclic) bond motifs is 1. The van der Waals surface area contributed by atoms with Crippen molar-refractivity contribution in [1.82, 2.24) is 10.6 Å². The molecular weight excluding hydrogens is 296 g/mol. The van der Waals surface area contributed by atoms with Crippen molar-refractivity contribution in [3.63, 3.8) is 0 Å². The zero-order valence-corrected chi connectivity index (χ0v) is 12.9. The molecule has 1 heterocycles. The topological polar surface area (TPSA) is 58.2 Å². The number of thioether (sulfide) groups is 1. The summed E-state index contributed by atoms with van der Waals surface area (Å²) >= 11 is 1.75. The number of carbonyl (C=O) groups is 2. The van der Waals surface area contributed by atoms with Crippen molar-refractivity contribution >= 4 is 23.6 Å². The fourth-order valence-electron chi connectivity index (χ4n) is 2.47. The molecule has 5 heteroatoms. The maximum Gasteiger partial charge on any atom is 0.251 e. The average molecular weight is 312 g/mol. The van der Waals surface area contributed by atoms with Gasteiger partial charge >= 0.3 is 0 Å². The molecule has 1 aliphatic rings. The zero-order chi connectivity index (χ0) is 15.5. The Morgan fingerprint density at radius 2 is 1.77 bits per heavy atom. The second-order valence-corrected chi connectivity index (χ2v) is 6.10. The molecule has 2 amide bonds. The first kappa shape index (κ1) is 14.7. The van der Waals surface area contributed by atoms with E-state index >= 15 is 0 Å². The van der Waals surface area contributed by atoms with Crippen LogP contribution in [0.2, 0.25) is 0 Å². The van der Waals surface area contributed by atoms with Gasteiger partial charge in [-0.05, 0) is 29.8 Å². The Bertz CT molecular complexity index is 730. The van der Waals surface area contributed by atoms with Gasteiger partial charge in [0.25, 0.3) is 11.8 Å². The lowest BCUT2D eigenvalue weighted by Gasteiger charge is -2.13. The zero-order valence-electron chi connectivity index (χ0n) is 12.1. The molecule has 0 saturated heterocycles. The molecule has 0 unspecified atom stereocenters. The SMILES string of the molecule is CNC(=O)c1cccc(C(=O)N[C@H]2CSc3ccccc32)c1. The molecule has 1 aliphatic heterocycles. The van der Waals surface area contributed by atoms with Gasteiger partial charge in [-0.15, -0.1) is 11.8 Å². The summed E-state index contributed by atoms with van der Waals surface area (Å²) < 4.78 is 0. The summed E-state index contributed by atoms with van der Waals surface area (Å²) in [7, 11) is 1.57. The summed E-state index contributed by atoms with van der Waals surface area (Å²) in [5, 5.41) is 5.60. The number of rotatable bonds is 3. The van der Waals surface area contributed by atoms with Crippen LogP contribution >= 0.6 is 11.8 Å². The predicted molar refractivity (Wildman–Crippen MR) is 87.2 cm³/mol. The number of hydrogen-bond donors (Lipinski definition) is 2. The molecule has 0 aromatic heterocycles. The van der Waals surface area contributed by atoms with E-state index < -0.39 is 0 Å². The first-order valence-corrected chi connectivity index (χ1v) is 8.02. The van der Waals surface area contributed by atoms with Crippen molar-refractivity contribution < 1.29 is 9.59 Å². The highest BCUT2D eigenvalue weighted by molar-refractivity contribution is 7.99. The smallest absolute Gasteiger partial charge is 0.251 e. The fraction of sp³-hybridized carbons (Fsp3) is 0.176. The van der Waals surface area contributed by atoms with Crippen LogP contribution in [0.1, 0.15) is 32.3 Å². The molecule has 2 aromatic rings. The molecular formula is C17H16N2O2S. The molecule has 112 valence electrons. The lowest BCUT2D eigenvalue weighted by Crippen LogP contribution is -2.29. The van der Waals surface area contributed by atoms with E-state index in [9.17, 15) is 9.59 Å². The van der Waals surface area contributed by atoms with E-state index in [-0.39, 0.29) is 17.9 Å². The standard InChI is InChI=1S/C17H16N2O2S/c1-18-16(20)11-5-4-6-12(9-11)17(21)19-14-10-22-15-8-3-2-7-13(14)15/h2-9,14H,10H2,1H3,(H,18,20)(H,19,21)/t14-/m0/s1. The molecule has 0 aliphatic carbocycles. The number of hydrogen-bond acceptors (Lipinski definition) is 3. The Morgan fingerprint density at radius 1 is 1.05 bits per heavy atom. The van der Waals surface area contributed by atoms with E-state index in [0.717, 1.165) is 11.3 Å². The van der Waals surface area contributed by atoms with Gasteiger partial charge in [0.15, 0.2) is 0 Å². The fourth-order valence-corrected chi connectivity index (χ4v) is 3.63. The van der Waals surface area contributed by atoms with Crippen molar-refractivity contribution in [2.45, 2.75) is 10.9 Å². The van der Waals surface area contributed by atoms with Crippen molar-refractivity contribution in [3.05, 3.63) is 65.2 Å². The van der Waals surface area contributed by atoms with E-state index in [4.69, 9.17) is 0 Å². The van der Waals surface area contributed by atoms with Crippen LogP contribution in [0.15, 0.2) is 53.4 Å². The largest absolute Gasteiger partial charge is 0.355 e. The highest BCUT2D eigenvalue weighted by Crippen LogP contribution is 2.37. The minimum atomic E-state index is -0.198. The maximum atomic E-state index is 12.4. The van der Waals surface area contributed by atoms with Gasteiger partial charge in [0.2, 0.25) is 0 Å². The average Bonchev–Trinajstić information content (AvgIpc) is 2.97. The van der Waals surface area contributed by atoms with E-state index in [2.05, 4.69) is 16.7 Å². The Morgan fingerprint density at radius 3 is 2.55 bits per heavy atom.